The van der Waals surface area contributed by atoms with Crippen LogP contribution in [0.4, 0.5) is 5.88 Å². The maximum absolute atomic E-state index is 12.0. The van der Waals surface area contributed by atoms with Gasteiger partial charge in [-0.25, -0.2) is 0 Å². The minimum absolute atomic E-state index is 0.0329. The molecule has 2 heterocycles. The number of methoxy groups -OCH3 is 1. The Labute approximate surface area is 97.9 Å². The molecule has 0 aliphatic carbocycles. The average Bonchev–Trinajstić information content (AvgIpc) is 2.62. The van der Waals surface area contributed by atoms with Gasteiger partial charge in [-0.3, -0.25) is 14.9 Å². The van der Waals surface area contributed by atoms with Crippen molar-refractivity contribution in [1.82, 2.24) is 0 Å². The molecule has 0 radical (unpaired) electrons. The second-order valence-corrected chi connectivity index (χ2v) is 3.93. The molecule has 1 saturated heterocycles. The lowest BCUT2D eigenvalue weighted by Gasteiger charge is -2.36. The highest BCUT2D eigenvalue weighted by molar-refractivity contribution is 6.09. The van der Waals surface area contributed by atoms with Gasteiger partial charge in [0.05, 0.1) is 20.3 Å². The van der Waals surface area contributed by atoms with Crippen LogP contribution in [-0.2, 0) is 19.1 Å². The maximum Gasteiger partial charge on any atom is 0.326 e. The molecule has 1 aromatic heterocycles. The Balaban J connectivity index is 2.11. The summed E-state index contributed by atoms with van der Waals surface area (Å²) in [7, 11) is 1.24. The highest BCUT2D eigenvalue weighted by atomic mass is 16.5. The molecule has 0 aromatic carbocycles. The molecule has 1 amide bonds. The normalized spacial score (nSPS) is 17.1. The van der Waals surface area contributed by atoms with Gasteiger partial charge in [0, 0.05) is 6.07 Å². The van der Waals surface area contributed by atoms with Crippen LogP contribution in [0.3, 0.4) is 0 Å². The largest absolute Gasteiger partial charge is 0.468 e. The van der Waals surface area contributed by atoms with Crippen molar-refractivity contribution in [2.24, 2.45) is 5.41 Å². The van der Waals surface area contributed by atoms with Crippen molar-refractivity contribution in [2.75, 3.05) is 25.6 Å². The van der Waals surface area contributed by atoms with Crippen molar-refractivity contribution >= 4 is 17.8 Å². The Morgan fingerprint density at radius 2 is 2.12 bits per heavy atom. The van der Waals surface area contributed by atoms with Crippen LogP contribution in [0.5, 0.6) is 0 Å². The number of hydrogen-bond donors (Lipinski definition) is 1. The van der Waals surface area contributed by atoms with Crippen molar-refractivity contribution in [3.05, 3.63) is 17.9 Å². The van der Waals surface area contributed by atoms with Gasteiger partial charge in [-0.05, 0) is 13.0 Å². The van der Waals surface area contributed by atoms with E-state index in [9.17, 15) is 9.59 Å². The first-order valence-electron chi connectivity index (χ1n) is 5.12. The van der Waals surface area contributed by atoms with Crippen LogP contribution in [0.15, 0.2) is 16.5 Å². The van der Waals surface area contributed by atoms with E-state index < -0.39 is 17.3 Å². The summed E-state index contributed by atoms with van der Waals surface area (Å²) >= 11 is 0. The number of carbonyl (C=O) groups is 2. The fraction of sp³-hybridized carbons (Fsp3) is 0.455. The molecule has 92 valence electrons. The topological polar surface area (TPSA) is 77.8 Å². The molecule has 6 nitrogen and oxygen atoms in total. The molecule has 0 saturated carbocycles. The van der Waals surface area contributed by atoms with Crippen LogP contribution in [0, 0.1) is 12.3 Å². The van der Waals surface area contributed by atoms with Crippen molar-refractivity contribution in [1.29, 1.82) is 0 Å². The van der Waals surface area contributed by atoms with Crippen molar-refractivity contribution in [2.45, 2.75) is 6.92 Å². The molecule has 1 N–H and O–H groups in total. The first kappa shape index (κ1) is 11.7. The van der Waals surface area contributed by atoms with Gasteiger partial charge < -0.3 is 13.9 Å². The number of hydrogen-bond acceptors (Lipinski definition) is 5. The SMILES string of the molecule is COC(=O)C1(C(=O)Nc2ccc(C)o2)COC1. The Morgan fingerprint density at radius 3 is 2.53 bits per heavy atom. The summed E-state index contributed by atoms with van der Waals surface area (Å²) in [6, 6.07) is 3.34. The predicted octanol–water partition coefficient (Wildman–Crippen LogP) is 0.716. The molecular formula is C11H13NO5. The smallest absolute Gasteiger partial charge is 0.326 e. The molecule has 6 heteroatoms. The molecule has 1 fully saturated rings. The molecule has 1 aromatic rings. The second-order valence-electron chi connectivity index (χ2n) is 3.93. The quantitative estimate of drug-likeness (QED) is 0.621. The highest BCUT2D eigenvalue weighted by Crippen LogP contribution is 2.31. The van der Waals surface area contributed by atoms with Crippen LogP contribution in [-0.4, -0.2) is 32.2 Å². The summed E-state index contributed by atoms with van der Waals surface area (Å²) in [5.41, 5.74) is -1.24. The van der Waals surface area contributed by atoms with E-state index in [1.807, 2.05) is 0 Å². The van der Waals surface area contributed by atoms with E-state index in [0.717, 1.165) is 0 Å². The van der Waals surface area contributed by atoms with Gasteiger partial charge in [-0.1, -0.05) is 0 Å². The van der Waals surface area contributed by atoms with Crippen LogP contribution in [0.25, 0.3) is 0 Å². The third-order valence-electron chi connectivity index (χ3n) is 2.68. The molecule has 17 heavy (non-hydrogen) atoms. The van der Waals surface area contributed by atoms with Crippen molar-refractivity contribution in [3.8, 4) is 0 Å². The van der Waals surface area contributed by atoms with Gasteiger partial charge in [0.25, 0.3) is 0 Å². The summed E-state index contributed by atoms with van der Waals surface area (Å²) < 4.78 is 14.8. The number of aryl methyl sites for hydroxylation is 1. The first-order chi connectivity index (χ1) is 8.08. The van der Waals surface area contributed by atoms with E-state index in [0.29, 0.717) is 11.6 Å². The van der Waals surface area contributed by atoms with Crippen LogP contribution < -0.4 is 5.32 Å². The number of ether oxygens (including phenoxy) is 2. The molecule has 0 atom stereocenters. The highest BCUT2D eigenvalue weighted by Gasteiger charge is 2.54. The van der Waals surface area contributed by atoms with Crippen LogP contribution >= 0.6 is 0 Å². The average molecular weight is 239 g/mol. The lowest BCUT2D eigenvalue weighted by atomic mass is 9.85. The van der Waals surface area contributed by atoms with E-state index in [4.69, 9.17) is 9.15 Å². The summed E-state index contributed by atoms with van der Waals surface area (Å²) in [5, 5.41) is 2.53. The Kier molecular flexibility index (Phi) is 2.89. The summed E-state index contributed by atoms with van der Waals surface area (Å²) in [6.07, 6.45) is 0. The van der Waals surface area contributed by atoms with E-state index >= 15 is 0 Å². The first-order valence-corrected chi connectivity index (χ1v) is 5.12. The van der Waals surface area contributed by atoms with Gasteiger partial charge >= 0.3 is 5.97 Å². The summed E-state index contributed by atoms with van der Waals surface area (Å²) in [4.78, 5) is 23.5. The van der Waals surface area contributed by atoms with E-state index in [1.54, 1.807) is 19.1 Å². The third kappa shape index (κ3) is 1.91. The third-order valence-corrected chi connectivity index (χ3v) is 2.68. The molecule has 0 bridgehead atoms. The van der Waals surface area contributed by atoms with E-state index in [-0.39, 0.29) is 13.2 Å². The van der Waals surface area contributed by atoms with Gasteiger partial charge in [0.2, 0.25) is 5.91 Å². The molecule has 0 spiro atoms. The van der Waals surface area contributed by atoms with Crippen molar-refractivity contribution in [3.63, 3.8) is 0 Å². The van der Waals surface area contributed by atoms with Gasteiger partial charge in [0.15, 0.2) is 11.3 Å². The van der Waals surface area contributed by atoms with Crippen LogP contribution in [0.2, 0.25) is 0 Å². The van der Waals surface area contributed by atoms with Gasteiger partial charge in [-0.2, -0.15) is 0 Å². The lowest BCUT2D eigenvalue weighted by Crippen LogP contribution is -2.57. The lowest BCUT2D eigenvalue weighted by molar-refractivity contribution is -0.185. The van der Waals surface area contributed by atoms with E-state index in [2.05, 4.69) is 10.1 Å². The fourth-order valence-corrected chi connectivity index (χ4v) is 1.58. The Bertz CT molecular complexity index is 446. The Hall–Kier alpha value is -1.82. The number of furan rings is 1. The van der Waals surface area contributed by atoms with Crippen LogP contribution in [0.1, 0.15) is 5.76 Å². The zero-order valence-electron chi connectivity index (χ0n) is 9.61. The second kappa shape index (κ2) is 4.21. The zero-order chi connectivity index (χ0) is 12.5. The van der Waals surface area contributed by atoms with Gasteiger partial charge in [0.1, 0.15) is 5.76 Å². The molecular weight excluding hydrogens is 226 g/mol. The molecule has 2 rings (SSSR count). The number of carbonyl (C=O) groups excluding carboxylic acids is 2. The number of rotatable bonds is 3. The number of anilines is 1. The molecule has 1 aliphatic rings. The van der Waals surface area contributed by atoms with Gasteiger partial charge in [-0.15, -0.1) is 0 Å². The zero-order valence-corrected chi connectivity index (χ0v) is 9.61. The van der Waals surface area contributed by atoms with E-state index in [1.165, 1.54) is 7.11 Å². The summed E-state index contributed by atoms with van der Waals surface area (Å²) in [6.45, 7) is 1.83. The minimum Gasteiger partial charge on any atom is -0.468 e. The minimum atomic E-state index is -1.24. The standard InChI is InChI=1S/C11H13NO5/c1-7-3-4-8(17-7)12-9(13)11(5-16-6-11)10(14)15-2/h3-4H,5-6H2,1-2H3,(H,12,13). The van der Waals surface area contributed by atoms with Crippen molar-refractivity contribution < 1.29 is 23.5 Å². The number of nitrogens with one attached hydrogen (secondary N) is 1. The Morgan fingerprint density at radius 1 is 1.41 bits per heavy atom. The predicted molar refractivity (Wildman–Crippen MR) is 57.3 cm³/mol. The molecule has 1 aliphatic heterocycles. The monoisotopic (exact) mass is 239 g/mol. The molecule has 0 unspecified atom stereocenters. The summed E-state index contributed by atoms with van der Waals surface area (Å²) in [5.74, 6) is -0.0746. The fourth-order valence-electron chi connectivity index (χ4n) is 1.58. The maximum atomic E-state index is 12.0. The number of amides is 1. The number of esters is 1.